The van der Waals surface area contributed by atoms with Gasteiger partial charge in [-0.05, 0) is 24.6 Å². The summed E-state index contributed by atoms with van der Waals surface area (Å²) in [6.07, 6.45) is 1.56. The van der Waals surface area contributed by atoms with Gasteiger partial charge in [-0.15, -0.1) is 0 Å². The van der Waals surface area contributed by atoms with E-state index in [1.54, 1.807) is 6.26 Å². The number of halogens is 1. The summed E-state index contributed by atoms with van der Waals surface area (Å²) in [5.74, 6) is 0. The Morgan fingerprint density at radius 1 is 1.31 bits per heavy atom. The molecule has 0 radical (unpaired) electrons. The molecule has 0 spiro atoms. The SMILES string of the molecule is Cc1cc(Cl)ccc1-c1ccon1. The lowest BCUT2D eigenvalue weighted by Gasteiger charge is -2.01. The van der Waals surface area contributed by atoms with E-state index in [0.29, 0.717) is 0 Å². The van der Waals surface area contributed by atoms with E-state index < -0.39 is 0 Å². The number of hydrogen-bond acceptors (Lipinski definition) is 2. The van der Waals surface area contributed by atoms with E-state index in [1.165, 1.54) is 0 Å². The number of aryl methyl sites for hydroxylation is 1. The second kappa shape index (κ2) is 3.23. The molecule has 0 fully saturated rings. The molecule has 13 heavy (non-hydrogen) atoms. The minimum atomic E-state index is 0.741. The van der Waals surface area contributed by atoms with Crippen molar-refractivity contribution in [3.63, 3.8) is 0 Å². The van der Waals surface area contributed by atoms with Crippen LogP contribution in [0.1, 0.15) is 5.56 Å². The van der Waals surface area contributed by atoms with Crippen LogP contribution < -0.4 is 0 Å². The van der Waals surface area contributed by atoms with Crippen molar-refractivity contribution in [2.45, 2.75) is 6.92 Å². The fourth-order valence-electron chi connectivity index (χ4n) is 1.27. The number of rotatable bonds is 1. The maximum atomic E-state index is 5.83. The Morgan fingerprint density at radius 2 is 2.15 bits per heavy atom. The van der Waals surface area contributed by atoms with E-state index in [4.69, 9.17) is 16.1 Å². The molecule has 1 aromatic carbocycles. The highest BCUT2D eigenvalue weighted by atomic mass is 35.5. The Kier molecular flexibility index (Phi) is 2.07. The summed E-state index contributed by atoms with van der Waals surface area (Å²) >= 11 is 5.83. The lowest BCUT2D eigenvalue weighted by atomic mass is 10.1. The molecule has 0 saturated heterocycles. The highest BCUT2D eigenvalue weighted by Crippen LogP contribution is 2.24. The van der Waals surface area contributed by atoms with Gasteiger partial charge >= 0.3 is 0 Å². The Balaban J connectivity index is 2.53. The van der Waals surface area contributed by atoms with E-state index >= 15 is 0 Å². The van der Waals surface area contributed by atoms with Crippen molar-refractivity contribution in [1.82, 2.24) is 5.16 Å². The fraction of sp³-hybridized carbons (Fsp3) is 0.100. The Labute approximate surface area is 81.1 Å². The molecule has 1 aromatic heterocycles. The number of nitrogens with zero attached hydrogens (tertiary/aromatic N) is 1. The molecule has 0 bridgehead atoms. The second-order valence-corrected chi connectivity index (χ2v) is 3.28. The molecule has 0 unspecified atom stereocenters. The van der Waals surface area contributed by atoms with Crippen molar-refractivity contribution in [3.8, 4) is 11.3 Å². The lowest BCUT2D eigenvalue weighted by molar-refractivity contribution is 0.422. The first-order valence-corrected chi connectivity index (χ1v) is 4.32. The van der Waals surface area contributed by atoms with Crippen LogP contribution in [0.15, 0.2) is 35.1 Å². The van der Waals surface area contributed by atoms with Gasteiger partial charge in [0.15, 0.2) is 0 Å². The zero-order valence-corrected chi connectivity index (χ0v) is 7.88. The van der Waals surface area contributed by atoms with Crippen LogP contribution in [0.2, 0.25) is 5.02 Å². The largest absolute Gasteiger partial charge is 0.364 e. The van der Waals surface area contributed by atoms with Gasteiger partial charge in [-0.1, -0.05) is 22.8 Å². The molecule has 0 saturated carbocycles. The maximum Gasteiger partial charge on any atom is 0.124 e. The third-order valence-corrected chi connectivity index (χ3v) is 2.14. The van der Waals surface area contributed by atoms with E-state index in [-0.39, 0.29) is 0 Å². The van der Waals surface area contributed by atoms with Gasteiger partial charge in [0.25, 0.3) is 0 Å². The van der Waals surface area contributed by atoms with Crippen LogP contribution in [-0.2, 0) is 0 Å². The molecule has 0 atom stereocenters. The molecular formula is C10H8ClNO. The highest BCUT2D eigenvalue weighted by Gasteiger charge is 2.04. The number of benzene rings is 1. The number of aromatic nitrogens is 1. The minimum absolute atomic E-state index is 0.741. The smallest absolute Gasteiger partial charge is 0.124 e. The molecule has 0 N–H and O–H groups in total. The van der Waals surface area contributed by atoms with Crippen molar-refractivity contribution in [1.29, 1.82) is 0 Å². The predicted molar refractivity (Wildman–Crippen MR) is 51.7 cm³/mol. The van der Waals surface area contributed by atoms with Gasteiger partial charge in [0.05, 0.1) is 0 Å². The third-order valence-electron chi connectivity index (χ3n) is 1.90. The quantitative estimate of drug-likeness (QED) is 0.695. The van der Waals surface area contributed by atoms with Crippen LogP contribution in [0.3, 0.4) is 0 Å². The second-order valence-electron chi connectivity index (χ2n) is 2.84. The molecule has 0 aliphatic heterocycles. The van der Waals surface area contributed by atoms with Crippen molar-refractivity contribution in [2.24, 2.45) is 0 Å². The first kappa shape index (κ1) is 8.32. The molecule has 2 aromatic rings. The predicted octanol–water partition coefficient (Wildman–Crippen LogP) is 3.30. The van der Waals surface area contributed by atoms with Crippen LogP contribution in [-0.4, -0.2) is 5.16 Å². The minimum Gasteiger partial charge on any atom is -0.364 e. The van der Waals surface area contributed by atoms with E-state index in [1.807, 2.05) is 31.2 Å². The summed E-state index contributed by atoms with van der Waals surface area (Å²) in [6.45, 7) is 2.00. The first-order chi connectivity index (χ1) is 6.27. The van der Waals surface area contributed by atoms with Crippen molar-refractivity contribution >= 4 is 11.6 Å². The van der Waals surface area contributed by atoms with Crippen molar-refractivity contribution in [2.75, 3.05) is 0 Å². The summed E-state index contributed by atoms with van der Waals surface area (Å²) in [5.41, 5.74) is 2.99. The molecule has 2 rings (SSSR count). The average molecular weight is 194 g/mol. The number of hydrogen-bond donors (Lipinski definition) is 0. The molecule has 0 amide bonds. The van der Waals surface area contributed by atoms with Crippen LogP contribution in [0.25, 0.3) is 11.3 Å². The summed E-state index contributed by atoms with van der Waals surface area (Å²) in [7, 11) is 0. The van der Waals surface area contributed by atoms with Crippen LogP contribution >= 0.6 is 11.6 Å². The Bertz CT molecular complexity index is 409. The zero-order valence-electron chi connectivity index (χ0n) is 7.12. The molecule has 1 heterocycles. The molecule has 0 aliphatic rings. The standard InChI is InChI=1S/C10H8ClNO/c1-7-6-8(11)2-3-9(7)10-4-5-13-12-10/h2-6H,1H3. The van der Waals surface area contributed by atoms with Crippen LogP contribution in [0, 0.1) is 6.92 Å². The van der Waals surface area contributed by atoms with Crippen LogP contribution in [0.5, 0.6) is 0 Å². The van der Waals surface area contributed by atoms with Gasteiger partial charge in [0.1, 0.15) is 12.0 Å². The summed E-state index contributed by atoms with van der Waals surface area (Å²) in [5, 5.41) is 4.60. The van der Waals surface area contributed by atoms with Gasteiger partial charge in [-0.3, -0.25) is 0 Å². The fourth-order valence-corrected chi connectivity index (χ4v) is 1.49. The molecule has 0 aliphatic carbocycles. The summed E-state index contributed by atoms with van der Waals surface area (Å²) < 4.78 is 4.77. The maximum absolute atomic E-state index is 5.83. The van der Waals surface area contributed by atoms with E-state index in [9.17, 15) is 0 Å². The normalized spacial score (nSPS) is 10.3. The van der Waals surface area contributed by atoms with Crippen molar-refractivity contribution in [3.05, 3.63) is 41.1 Å². The third kappa shape index (κ3) is 1.58. The Hall–Kier alpha value is -1.28. The average Bonchev–Trinajstić information content (AvgIpc) is 2.56. The highest BCUT2D eigenvalue weighted by molar-refractivity contribution is 6.30. The van der Waals surface area contributed by atoms with E-state index in [2.05, 4.69) is 5.16 Å². The molecule has 66 valence electrons. The van der Waals surface area contributed by atoms with Crippen LogP contribution in [0.4, 0.5) is 0 Å². The van der Waals surface area contributed by atoms with Gasteiger partial charge in [-0.2, -0.15) is 0 Å². The topological polar surface area (TPSA) is 26.0 Å². The summed E-state index contributed by atoms with van der Waals surface area (Å²) in [6, 6.07) is 7.52. The first-order valence-electron chi connectivity index (χ1n) is 3.94. The molecule has 3 heteroatoms. The van der Waals surface area contributed by atoms with Gasteiger partial charge in [0.2, 0.25) is 0 Å². The zero-order chi connectivity index (χ0) is 9.26. The summed E-state index contributed by atoms with van der Waals surface area (Å²) in [4.78, 5) is 0. The van der Waals surface area contributed by atoms with Gasteiger partial charge in [-0.25, -0.2) is 0 Å². The van der Waals surface area contributed by atoms with Gasteiger partial charge in [0, 0.05) is 16.7 Å². The van der Waals surface area contributed by atoms with E-state index in [0.717, 1.165) is 21.8 Å². The van der Waals surface area contributed by atoms with Crippen molar-refractivity contribution < 1.29 is 4.52 Å². The Morgan fingerprint density at radius 3 is 2.77 bits per heavy atom. The molecule has 2 nitrogen and oxygen atoms in total. The monoisotopic (exact) mass is 193 g/mol. The van der Waals surface area contributed by atoms with Gasteiger partial charge < -0.3 is 4.52 Å². The lowest BCUT2D eigenvalue weighted by Crippen LogP contribution is -1.82. The molecular weight excluding hydrogens is 186 g/mol.